The molecule has 0 aliphatic carbocycles. The Kier molecular flexibility index (Phi) is 4.10. The Morgan fingerprint density at radius 1 is 1.04 bits per heavy atom. The first-order chi connectivity index (χ1) is 12.2. The maximum Gasteiger partial charge on any atom is 0.250 e. The minimum absolute atomic E-state index is 0.264. The van der Waals surface area contributed by atoms with Crippen LogP contribution in [-0.4, -0.2) is 30.3 Å². The topological polar surface area (TPSA) is 82.5 Å². The predicted molar refractivity (Wildman–Crippen MR) is 94.5 cm³/mol. The highest BCUT2D eigenvalue weighted by Gasteiger charge is 2.12. The minimum Gasteiger partial charge on any atom is -0.337 e. The number of benzene rings is 2. The third-order valence-corrected chi connectivity index (χ3v) is 4.08. The molecule has 0 radical (unpaired) electrons. The zero-order valence-electron chi connectivity index (χ0n) is 13.3. The van der Waals surface area contributed by atoms with Crippen molar-refractivity contribution in [1.82, 2.24) is 30.3 Å². The van der Waals surface area contributed by atoms with Crippen LogP contribution in [0.1, 0.15) is 11.5 Å². The largest absolute Gasteiger partial charge is 0.337 e. The maximum absolute atomic E-state index is 5.29. The van der Waals surface area contributed by atoms with E-state index in [2.05, 4.69) is 41.5 Å². The maximum atomic E-state index is 5.29. The first-order valence-corrected chi connectivity index (χ1v) is 8.40. The van der Waals surface area contributed by atoms with Gasteiger partial charge in [-0.15, -0.1) is 10.2 Å². The molecule has 124 valence electrons. The predicted octanol–water partition coefficient (Wildman–Crippen LogP) is 3.51. The Morgan fingerprint density at radius 3 is 2.68 bits per heavy atom. The van der Waals surface area contributed by atoms with Gasteiger partial charge in [-0.05, 0) is 24.3 Å². The molecule has 0 atom stereocenters. The molecule has 0 aliphatic heterocycles. The highest BCUT2D eigenvalue weighted by molar-refractivity contribution is 9.10. The second-order valence-corrected chi connectivity index (χ2v) is 6.45. The third kappa shape index (κ3) is 3.48. The summed E-state index contributed by atoms with van der Waals surface area (Å²) < 4.78 is 6.24. The summed E-state index contributed by atoms with van der Waals surface area (Å²) in [5, 5.41) is 16.5. The summed E-state index contributed by atoms with van der Waals surface area (Å²) in [7, 11) is 0. The molecule has 0 bridgehead atoms. The van der Waals surface area contributed by atoms with Crippen molar-refractivity contribution in [2.45, 2.75) is 13.5 Å². The van der Waals surface area contributed by atoms with Crippen LogP contribution in [0.4, 0.5) is 0 Å². The van der Waals surface area contributed by atoms with E-state index in [0.717, 1.165) is 15.6 Å². The zero-order valence-corrected chi connectivity index (χ0v) is 14.9. The van der Waals surface area contributed by atoms with Crippen LogP contribution in [0.25, 0.3) is 22.8 Å². The fourth-order valence-electron chi connectivity index (χ4n) is 2.31. The molecule has 4 aromatic rings. The third-order valence-electron chi connectivity index (χ3n) is 3.59. The normalized spacial score (nSPS) is 11.0. The van der Waals surface area contributed by atoms with Crippen molar-refractivity contribution in [3.05, 3.63) is 64.5 Å². The highest BCUT2D eigenvalue weighted by Crippen LogP contribution is 2.20. The van der Waals surface area contributed by atoms with E-state index >= 15 is 0 Å². The van der Waals surface area contributed by atoms with E-state index in [1.807, 2.05) is 55.5 Å². The van der Waals surface area contributed by atoms with Gasteiger partial charge >= 0.3 is 0 Å². The average Bonchev–Trinajstić information content (AvgIpc) is 3.26. The van der Waals surface area contributed by atoms with Gasteiger partial charge in [0, 0.05) is 15.6 Å². The molecule has 0 N–H and O–H groups in total. The Labute approximate surface area is 151 Å². The average molecular weight is 397 g/mol. The van der Waals surface area contributed by atoms with E-state index in [-0.39, 0.29) is 6.54 Å². The molecule has 0 aliphatic rings. The van der Waals surface area contributed by atoms with Crippen LogP contribution >= 0.6 is 15.9 Å². The van der Waals surface area contributed by atoms with Crippen molar-refractivity contribution in [3.8, 4) is 22.8 Å². The van der Waals surface area contributed by atoms with Crippen molar-refractivity contribution in [3.63, 3.8) is 0 Å². The van der Waals surface area contributed by atoms with Gasteiger partial charge in [0.2, 0.25) is 11.6 Å². The van der Waals surface area contributed by atoms with Gasteiger partial charge in [-0.1, -0.05) is 63.0 Å². The van der Waals surface area contributed by atoms with Crippen molar-refractivity contribution < 1.29 is 4.52 Å². The molecule has 2 aromatic heterocycles. The van der Waals surface area contributed by atoms with Crippen LogP contribution < -0.4 is 0 Å². The highest BCUT2D eigenvalue weighted by atomic mass is 79.9. The van der Waals surface area contributed by atoms with Crippen LogP contribution in [0.3, 0.4) is 0 Å². The molecular formula is C17H13BrN6O. The fraction of sp³-hybridized carbons (Fsp3) is 0.118. The van der Waals surface area contributed by atoms with Gasteiger partial charge in [0.15, 0.2) is 0 Å². The summed E-state index contributed by atoms with van der Waals surface area (Å²) in [6.07, 6.45) is 0. The molecule has 7 nitrogen and oxygen atoms in total. The molecule has 2 aromatic carbocycles. The minimum atomic E-state index is 0.264. The van der Waals surface area contributed by atoms with Gasteiger partial charge < -0.3 is 4.52 Å². The lowest BCUT2D eigenvalue weighted by Crippen LogP contribution is -2.04. The number of hydrogen-bond donors (Lipinski definition) is 0. The van der Waals surface area contributed by atoms with Crippen LogP contribution in [0, 0.1) is 6.92 Å². The number of hydrogen-bond acceptors (Lipinski definition) is 6. The summed E-state index contributed by atoms with van der Waals surface area (Å²) in [6.45, 7) is 2.30. The SMILES string of the molecule is Cc1ccc(-c2nnn(Cc3nc(-c4cccc(Br)c4)no3)n2)cc1. The molecule has 25 heavy (non-hydrogen) atoms. The van der Waals surface area contributed by atoms with E-state index in [1.54, 1.807) is 0 Å². The lowest BCUT2D eigenvalue weighted by molar-refractivity contribution is 0.356. The van der Waals surface area contributed by atoms with Crippen LogP contribution in [0.5, 0.6) is 0 Å². The Morgan fingerprint density at radius 2 is 1.88 bits per heavy atom. The molecule has 0 fully saturated rings. The molecular weight excluding hydrogens is 384 g/mol. The van der Waals surface area contributed by atoms with E-state index in [9.17, 15) is 0 Å². The number of tetrazole rings is 1. The second kappa shape index (κ2) is 6.56. The van der Waals surface area contributed by atoms with Gasteiger partial charge in [0.25, 0.3) is 5.89 Å². The number of aryl methyl sites for hydroxylation is 1. The van der Waals surface area contributed by atoms with E-state index < -0.39 is 0 Å². The van der Waals surface area contributed by atoms with E-state index in [0.29, 0.717) is 17.5 Å². The van der Waals surface area contributed by atoms with Gasteiger partial charge in [-0.2, -0.15) is 9.78 Å². The summed E-state index contributed by atoms with van der Waals surface area (Å²) in [6, 6.07) is 15.7. The summed E-state index contributed by atoms with van der Waals surface area (Å²) in [5.74, 6) is 1.50. The Bertz CT molecular complexity index is 1010. The fourth-order valence-corrected chi connectivity index (χ4v) is 2.71. The van der Waals surface area contributed by atoms with Crippen LogP contribution in [0.2, 0.25) is 0 Å². The van der Waals surface area contributed by atoms with Crippen molar-refractivity contribution in [1.29, 1.82) is 0 Å². The van der Waals surface area contributed by atoms with Crippen molar-refractivity contribution in [2.24, 2.45) is 0 Å². The molecule has 2 heterocycles. The number of rotatable bonds is 4. The second-order valence-electron chi connectivity index (χ2n) is 5.53. The standard InChI is InChI=1S/C17H13BrN6O/c1-11-5-7-12(8-6-11)17-20-23-24(21-17)10-15-19-16(22-25-15)13-3-2-4-14(18)9-13/h2-9H,10H2,1H3. The van der Waals surface area contributed by atoms with Crippen molar-refractivity contribution >= 4 is 15.9 Å². The first-order valence-electron chi connectivity index (χ1n) is 7.61. The van der Waals surface area contributed by atoms with Crippen molar-refractivity contribution in [2.75, 3.05) is 0 Å². The van der Waals surface area contributed by atoms with Gasteiger partial charge in [0.05, 0.1) is 0 Å². The lowest BCUT2D eigenvalue weighted by atomic mass is 10.1. The summed E-state index contributed by atoms with van der Waals surface area (Å²) in [5.41, 5.74) is 2.97. The quantitative estimate of drug-likeness (QED) is 0.524. The Hall–Kier alpha value is -2.87. The summed E-state index contributed by atoms with van der Waals surface area (Å²) in [4.78, 5) is 5.82. The molecule has 0 spiro atoms. The molecule has 0 unspecified atom stereocenters. The smallest absolute Gasteiger partial charge is 0.250 e. The zero-order chi connectivity index (χ0) is 17.2. The molecule has 0 saturated carbocycles. The number of nitrogens with zero attached hydrogens (tertiary/aromatic N) is 6. The molecule has 0 amide bonds. The van der Waals surface area contributed by atoms with Gasteiger partial charge in [0.1, 0.15) is 6.54 Å². The monoisotopic (exact) mass is 396 g/mol. The van der Waals surface area contributed by atoms with E-state index in [4.69, 9.17) is 4.52 Å². The van der Waals surface area contributed by atoms with Gasteiger partial charge in [-0.3, -0.25) is 0 Å². The number of halogens is 1. The lowest BCUT2D eigenvalue weighted by Gasteiger charge is -1.95. The van der Waals surface area contributed by atoms with Crippen LogP contribution in [-0.2, 0) is 6.54 Å². The molecule has 8 heteroatoms. The van der Waals surface area contributed by atoms with Crippen LogP contribution in [0.15, 0.2) is 57.5 Å². The summed E-state index contributed by atoms with van der Waals surface area (Å²) >= 11 is 3.43. The van der Waals surface area contributed by atoms with E-state index in [1.165, 1.54) is 10.4 Å². The first kappa shape index (κ1) is 15.6. The number of aromatic nitrogens is 6. The molecule has 4 rings (SSSR count). The Balaban J connectivity index is 1.52. The van der Waals surface area contributed by atoms with Gasteiger partial charge in [-0.25, -0.2) is 0 Å². The molecule has 0 saturated heterocycles.